The molecule has 0 spiro atoms. The highest BCUT2D eigenvalue weighted by Gasteiger charge is 2.31. The zero-order valence-electron chi connectivity index (χ0n) is 16.5. The lowest BCUT2D eigenvalue weighted by Crippen LogP contribution is -2.51. The Kier molecular flexibility index (Phi) is 5.92. The van der Waals surface area contributed by atoms with Crippen LogP contribution in [0.5, 0.6) is 0 Å². The molecule has 154 valence electrons. The van der Waals surface area contributed by atoms with Crippen LogP contribution in [0.25, 0.3) is 21.0 Å². The number of fused-ring (bicyclic) bond motifs is 1. The largest absolute Gasteiger partial charge is 0.457 e. The van der Waals surface area contributed by atoms with E-state index in [1.165, 1.54) is 4.70 Å². The Bertz CT molecular complexity index is 895. The van der Waals surface area contributed by atoms with E-state index in [0.717, 1.165) is 81.1 Å². The summed E-state index contributed by atoms with van der Waals surface area (Å²) in [5.41, 5.74) is 1.02. The number of nitrogens with one attached hydrogen (secondary N) is 1. The van der Waals surface area contributed by atoms with Gasteiger partial charge in [0.1, 0.15) is 5.76 Å². The van der Waals surface area contributed by atoms with Crippen LogP contribution in [0.15, 0.2) is 40.8 Å². The van der Waals surface area contributed by atoms with Gasteiger partial charge in [0.15, 0.2) is 10.8 Å². The van der Waals surface area contributed by atoms with E-state index in [4.69, 9.17) is 18.9 Å². The molecule has 2 atom stereocenters. The van der Waals surface area contributed by atoms with Crippen molar-refractivity contribution < 1.29 is 13.9 Å². The summed E-state index contributed by atoms with van der Waals surface area (Å²) in [5, 5.41) is 4.56. The molecule has 0 bridgehead atoms. The number of para-hydroxylation sites is 1. The zero-order valence-corrected chi connectivity index (χ0v) is 17.3. The minimum Gasteiger partial charge on any atom is -0.457 e. The van der Waals surface area contributed by atoms with Crippen LogP contribution in [0.1, 0.15) is 12.2 Å². The first-order valence-electron chi connectivity index (χ1n) is 10.4. The predicted molar refractivity (Wildman–Crippen MR) is 114 cm³/mol. The van der Waals surface area contributed by atoms with Gasteiger partial charge in [-0.2, -0.15) is 0 Å². The highest BCUT2D eigenvalue weighted by molar-refractivity contribution is 7.21. The van der Waals surface area contributed by atoms with Gasteiger partial charge >= 0.3 is 0 Å². The van der Waals surface area contributed by atoms with Crippen molar-refractivity contribution >= 4 is 21.6 Å². The standard InChI is InChI=1S/C22H27N3O3S/c1-2-4-21-18(3-1)24-22(29-21)20-6-5-17(28-20)13-23-14-19(16-7-10-27-15-16)25-8-11-26-12-9-25/h1-6,16,19,23H,7-15H2/t16-,19+/m0/s1. The van der Waals surface area contributed by atoms with Crippen molar-refractivity contribution in [1.82, 2.24) is 15.2 Å². The highest BCUT2D eigenvalue weighted by atomic mass is 32.1. The SMILES string of the molecule is c1ccc2sc(-c3ccc(CNC[C@H]([C@H]4CCOC4)N4CCOCC4)o3)nc2c1. The maximum Gasteiger partial charge on any atom is 0.163 e. The monoisotopic (exact) mass is 413 g/mol. The third-order valence-electron chi connectivity index (χ3n) is 5.84. The molecule has 1 N–H and O–H groups in total. The third kappa shape index (κ3) is 4.39. The van der Waals surface area contributed by atoms with E-state index in [-0.39, 0.29) is 0 Å². The molecule has 2 aliphatic rings. The average molecular weight is 414 g/mol. The number of hydrogen-bond acceptors (Lipinski definition) is 7. The van der Waals surface area contributed by atoms with E-state index in [0.29, 0.717) is 12.0 Å². The zero-order chi connectivity index (χ0) is 19.5. The van der Waals surface area contributed by atoms with Crippen molar-refractivity contribution in [2.75, 3.05) is 46.1 Å². The fourth-order valence-corrected chi connectivity index (χ4v) is 5.20. The Morgan fingerprint density at radius 2 is 2.00 bits per heavy atom. The summed E-state index contributed by atoms with van der Waals surface area (Å²) in [6.45, 7) is 7.07. The van der Waals surface area contributed by atoms with Crippen LogP contribution in [-0.2, 0) is 16.0 Å². The molecule has 6 nitrogen and oxygen atoms in total. The van der Waals surface area contributed by atoms with Gasteiger partial charge in [0.2, 0.25) is 0 Å². The van der Waals surface area contributed by atoms with E-state index in [1.54, 1.807) is 11.3 Å². The number of furan rings is 1. The molecule has 1 aromatic carbocycles. The molecule has 2 saturated heterocycles. The van der Waals surface area contributed by atoms with Crippen LogP contribution in [0.3, 0.4) is 0 Å². The van der Waals surface area contributed by atoms with Crippen LogP contribution in [0, 0.1) is 5.92 Å². The first-order valence-corrected chi connectivity index (χ1v) is 11.2. The van der Waals surface area contributed by atoms with Crippen LogP contribution in [-0.4, -0.2) is 62.0 Å². The molecule has 4 heterocycles. The second kappa shape index (κ2) is 8.93. The van der Waals surface area contributed by atoms with E-state index in [2.05, 4.69) is 22.3 Å². The van der Waals surface area contributed by atoms with E-state index < -0.39 is 0 Å². The molecule has 7 heteroatoms. The van der Waals surface area contributed by atoms with Gasteiger partial charge in [0.25, 0.3) is 0 Å². The molecule has 5 rings (SSSR count). The summed E-state index contributed by atoms with van der Waals surface area (Å²) in [5.74, 6) is 2.38. The first-order chi connectivity index (χ1) is 14.4. The molecule has 3 aromatic rings. The molecule has 0 aliphatic carbocycles. The maximum absolute atomic E-state index is 6.08. The second-order valence-corrected chi connectivity index (χ2v) is 8.75. The second-order valence-electron chi connectivity index (χ2n) is 7.72. The molecule has 29 heavy (non-hydrogen) atoms. The normalized spacial score (nSPS) is 21.7. The van der Waals surface area contributed by atoms with Gasteiger partial charge in [-0.15, -0.1) is 11.3 Å². The third-order valence-corrected chi connectivity index (χ3v) is 6.89. The summed E-state index contributed by atoms with van der Waals surface area (Å²) in [4.78, 5) is 7.25. The number of nitrogens with zero attached hydrogens (tertiary/aromatic N) is 2. The predicted octanol–water partition coefficient (Wildman–Crippen LogP) is 3.38. The van der Waals surface area contributed by atoms with Crippen molar-refractivity contribution in [1.29, 1.82) is 0 Å². The lowest BCUT2D eigenvalue weighted by atomic mass is 9.97. The van der Waals surface area contributed by atoms with E-state index in [1.807, 2.05) is 24.3 Å². The van der Waals surface area contributed by atoms with Crippen LogP contribution in [0.4, 0.5) is 0 Å². The summed E-state index contributed by atoms with van der Waals surface area (Å²) >= 11 is 1.67. The lowest BCUT2D eigenvalue weighted by Gasteiger charge is -2.37. The molecular weight excluding hydrogens is 386 g/mol. The van der Waals surface area contributed by atoms with E-state index in [9.17, 15) is 0 Å². The molecule has 0 amide bonds. The molecule has 2 fully saturated rings. The topological polar surface area (TPSA) is 59.8 Å². The first kappa shape index (κ1) is 19.2. The number of benzene rings is 1. The molecule has 0 radical (unpaired) electrons. The molecule has 2 aliphatic heterocycles. The number of ether oxygens (including phenoxy) is 2. The lowest BCUT2D eigenvalue weighted by molar-refractivity contribution is 0.00129. The number of morpholine rings is 1. The fourth-order valence-electron chi connectivity index (χ4n) is 4.27. The minimum absolute atomic E-state index is 0.486. The number of thiazole rings is 1. The van der Waals surface area contributed by atoms with Gasteiger partial charge < -0.3 is 19.2 Å². The summed E-state index contributed by atoms with van der Waals surface area (Å²) in [7, 11) is 0. The smallest absolute Gasteiger partial charge is 0.163 e. The van der Waals surface area contributed by atoms with Gasteiger partial charge in [-0.25, -0.2) is 4.98 Å². The van der Waals surface area contributed by atoms with E-state index >= 15 is 0 Å². The summed E-state index contributed by atoms with van der Waals surface area (Å²) < 4.78 is 18.5. The number of hydrogen-bond donors (Lipinski definition) is 1. The van der Waals surface area contributed by atoms with Crippen molar-refractivity contribution in [3.63, 3.8) is 0 Å². The average Bonchev–Trinajstić information content (AvgIpc) is 3.52. The molecule has 0 saturated carbocycles. The van der Waals surface area contributed by atoms with Gasteiger partial charge in [-0.05, 0) is 30.7 Å². The number of rotatable bonds is 7. The van der Waals surface area contributed by atoms with Crippen molar-refractivity contribution in [3.8, 4) is 10.8 Å². The van der Waals surface area contributed by atoms with Crippen LogP contribution < -0.4 is 5.32 Å². The highest BCUT2D eigenvalue weighted by Crippen LogP contribution is 2.31. The van der Waals surface area contributed by atoms with Gasteiger partial charge in [-0.1, -0.05) is 12.1 Å². The minimum atomic E-state index is 0.486. The van der Waals surface area contributed by atoms with Gasteiger partial charge in [0.05, 0.1) is 36.6 Å². The Balaban J connectivity index is 1.21. The van der Waals surface area contributed by atoms with Crippen LogP contribution >= 0.6 is 11.3 Å². The fraction of sp³-hybridized carbons (Fsp3) is 0.500. The molecule has 0 unspecified atom stereocenters. The molecular formula is C22H27N3O3S. The maximum atomic E-state index is 6.08. The van der Waals surface area contributed by atoms with Crippen LogP contribution in [0.2, 0.25) is 0 Å². The van der Waals surface area contributed by atoms with Crippen molar-refractivity contribution in [3.05, 3.63) is 42.2 Å². The summed E-state index contributed by atoms with van der Waals surface area (Å²) in [6, 6.07) is 12.8. The number of aromatic nitrogens is 1. The summed E-state index contributed by atoms with van der Waals surface area (Å²) in [6.07, 6.45) is 1.15. The molecule has 2 aromatic heterocycles. The Morgan fingerprint density at radius 3 is 2.83 bits per heavy atom. The quantitative estimate of drug-likeness (QED) is 0.641. The van der Waals surface area contributed by atoms with Gasteiger partial charge in [0, 0.05) is 38.2 Å². The Morgan fingerprint density at radius 1 is 1.10 bits per heavy atom. The van der Waals surface area contributed by atoms with Gasteiger partial charge in [-0.3, -0.25) is 4.90 Å². The van der Waals surface area contributed by atoms with Crippen molar-refractivity contribution in [2.45, 2.75) is 19.0 Å². The Hall–Kier alpha value is -1.77. The van der Waals surface area contributed by atoms with Crippen molar-refractivity contribution in [2.24, 2.45) is 5.92 Å². The Labute approximate surface area is 174 Å².